The summed E-state index contributed by atoms with van der Waals surface area (Å²) >= 11 is 3.51. The van der Waals surface area contributed by atoms with E-state index in [4.69, 9.17) is 4.74 Å². The van der Waals surface area contributed by atoms with Gasteiger partial charge >= 0.3 is 0 Å². The van der Waals surface area contributed by atoms with Crippen LogP contribution in [0.3, 0.4) is 0 Å². The molecule has 3 heteroatoms. The van der Waals surface area contributed by atoms with Crippen LogP contribution in [0.2, 0.25) is 0 Å². The number of ether oxygens (including phenoxy) is 1. The van der Waals surface area contributed by atoms with E-state index in [0.29, 0.717) is 11.7 Å². The number of hydrogen-bond acceptors (Lipinski definition) is 2. The molecule has 0 saturated carbocycles. The molecule has 2 aliphatic rings. The lowest BCUT2D eigenvalue weighted by molar-refractivity contribution is 0.0106. The lowest BCUT2D eigenvalue weighted by atomic mass is 9.67. The van der Waals surface area contributed by atoms with Crippen LogP contribution >= 0.6 is 15.9 Å². The summed E-state index contributed by atoms with van der Waals surface area (Å²) in [5.41, 5.74) is 3.44. The molecule has 0 bridgehead atoms. The van der Waals surface area contributed by atoms with Crippen molar-refractivity contribution in [3.63, 3.8) is 0 Å². The van der Waals surface area contributed by atoms with Gasteiger partial charge in [0.2, 0.25) is 0 Å². The highest BCUT2D eigenvalue weighted by molar-refractivity contribution is 9.09. The molecule has 2 nitrogen and oxygen atoms in total. The molecule has 156 valence electrons. The Hall–Kier alpha value is -0.960. The molecule has 1 heterocycles. The van der Waals surface area contributed by atoms with Gasteiger partial charge < -0.3 is 9.84 Å². The minimum absolute atomic E-state index is 0.0313. The molecule has 1 aliphatic carbocycles. The SMILES string of the molecule is CC1=C[C@H]2c3c(O)cc(C(C)(C)CCCCCCBr)cc3OC(C)(C)[C@@H]2CC1. The van der Waals surface area contributed by atoms with Crippen LogP contribution in [0.25, 0.3) is 0 Å². The van der Waals surface area contributed by atoms with Gasteiger partial charge in [0.05, 0.1) is 0 Å². The third-order valence-electron chi connectivity index (χ3n) is 6.93. The average Bonchev–Trinajstić information content (AvgIpc) is 2.60. The first kappa shape index (κ1) is 21.7. The van der Waals surface area contributed by atoms with Crippen LogP contribution in [0.4, 0.5) is 0 Å². The van der Waals surface area contributed by atoms with Crippen molar-refractivity contribution < 1.29 is 9.84 Å². The monoisotopic (exact) mass is 448 g/mol. The minimum atomic E-state index is -0.209. The van der Waals surface area contributed by atoms with Crippen molar-refractivity contribution in [3.05, 3.63) is 34.9 Å². The summed E-state index contributed by atoms with van der Waals surface area (Å²) < 4.78 is 6.50. The second-order valence-corrected chi connectivity index (χ2v) is 10.8. The maximum absolute atomic E-state index is 11.0. The maximum atomic E-state index is 11.0. The van der Waals surface area contributed by atoms with Crippen LogP contribution in [0.15, 0.2) is 23.8 Å². The van der Waals surface area contributed by atoms with E-state index in [1.165, 1.54) is 36.8 Å². The molecule has 1 aliphatic heterocycles. The maximum Gasteiger partial charge on any atom is 0.127 e. The number of hydrogen-bond donors (Lipinski definition) is 1. The van der Waals surface area contributed by atoms with Crippen LogP contribution in [0.1, 0.15) is 96.6 Å². The molecular weight excluding hydrogens is 412 g/mol. The highest BCUT2D eigenvalue weighted by Gasteiger charge is 2.45. The number of phenols is 1. The van der Waals surface area contributed by atoms with Gasteiger partial charge in [0.25, 0.3) is 0 Å². The minimum Gasteiger partial charge on any atom is -0.507 e. The topological polar surface area (TPSA) is 29.5 Å². The Morgan fingerprint density at radius 2 is 1.89 bits per heavy atom. The fourth-order valence-corrected chi connectivity index (χ4v) is 5.47. The summed E-state index contributed by atoms with van der Waals surface area (Å²) in [6.07, 6.45) is 10.8. The number of unbranched alkanes of at least 4 members (excludes halogenated alkanes) is 3. The molecule has 0 unspecified atom stereocenters. The molecule has 2 atom stereocenters. The predicted molar refractivity (Wildman–Crippen MR) is 122 cm³/mol. The Morgan fingerprint density at radius 3 is 2.61 bits per heavy atom. The molecule has 1 N–H and O–H groups in total. The number of allylic oxidation sites excluding steroid dienone is 2. The third kappa shape index (κ3) is 4.45. The summed E-state index contributed by atoms with van der Waals surface area (Å²) in [4.78, 5) is 0. The van der Waals surface area contributed by atoms with Crippen LogP contribution in [-0.4, -0.2) is 16.0 Å². The Kier molecular flexibility index (Phi) is 6.54. The van der Waals surface area contributed by atoms with Crippen molar-refractivity contribution in [2.75, 3.05) is 5.33 Å². The first-order valence-electron chi connectivity index (χ1n) is 11.0. The van der Waals surface area contributed by atoms with E-state index in [9.17, 15) is 5.11 Å². The van der Waals surface area contributed by atoms with Gasteiger partial charge in [-0.05, 0) is 69.6 Å². The average molecular weight is 449 g/mol. The van der Waals surface area contributed by atoms with E-state index in [1.807, 2.05) is 6.07 Å². The second kappa shape index (κ2) is 8.42. The molecule has 0 saturated heterocycles. The summed E-state index contributed by atoms with van der Waals surface area (Å²) in [6, 6.07) is 4.22. The van der Waals surface area contributed by atoms with E-state index < -0.39 is 0 Å². The molecule has 3 rings (SSSR count). The standard InChI is InChI=1S/C25H37BrO2/c1-17-10-11-20-19(14-17)23-21(27)15-18(16-22(23)28-25(20,4)5)24(2,3)12-8-6-7-9-13-26/h14-16,19-20,27H,6-13H2,1-5H3/t19-,20-/m1/s1. The lowest BCUT2D eigenvalue weighted by Crippen LogP contribution is -2.45. The van der Waals surface area contributed by atoms with Crippen molar-refractivity contribution in [3.8, 4) is 11.5 Å². The van der Waals surface area contributed by atoms with Crippen LogP contribution in [0.5, 0.6) is 11.5 Å². The number of phenolic OH excluding ortho intramolecular Hbond substituents is 1. The van der Waals surface area contributed by atoms with Gasteiger partial charge in [0.15, 0.2) is 0 Å². The number of aromatic hydroxyl groups is 1. The van der Waals surface area contributed by atoms with E-state index >= 15 is 0 Å². The summed E-state index contributed by atoms with van der Waals surface area (Å²) in [5, 5.41) is 12.1. The molecule has 0 amide bonds. The number of benzene rings is 1. The van der Waals surface area contributed by atoms with Crippen molar-refractivity contribution >= 4 is 15.9 Å². The van der Waals surface area contributed by atoms with E-state index in [1.54, 1.807) is 0 Å². The zero-order valence-corrected chi connectivity index (χ0v) is 19.9. The van der Waals surface area contributed by atoms with Crippen molar-refractivity contribution in [2.45, 2.75) is 96.5 Å². The van der Waals surface area contributed by atoms with Gasteiger partial charge in [0.1, 0.15) is 17.1 Å². The molecule has 0 radical (unpaired) electrons. The Balaban J connectivity index is 1.88. The number of halogens is 1. The largest absolute Gasteiger partial charge is 0.507 e. The zero-order chi connectivity index (χ0) is 20.5. The Labute approximate surface area is 179 Å². The first-order chi connectivity index (χ1) is 13.2. The molecule has 28 heavy (non-hydrogen) atoms. The molecule has 0 spiro atoms. The van der Waals surface area contributed by atoms with Crippen LogP contribution in [0, 0.1) is 5.92 Å². The fraction of sp³-hybridized carbons (Fsp3) is 0.680. The lowest BCUT2D eigenvalue weighted by Gasteiger charge is -2.46. The zero-order valence-electron chi connectivity index (χ0n) is 18.3. The Morgan fingerprint density at radius 1 is 1.18 bits per heavy atom. The van der Waals surface area contributed by atoms with Crippen molar-refractivity contribution in [2.24, 2.45) is 5.92 Å². The Bertz CT molecular complexity index is 732. The van der Waals surface area contributed by atoms with E-state index in [-0.39, 0.29) is 16.9 Å². The third-order valence-corrected chi connectivity index (χ3v) is 7.49. The number of rotatable bonds is 7. The predicted octanol–water partition coefficient (Wildman–Crippen LogP) is 7.63. The summed E-state index contributed by atoms with van der Waals surface area (Å²) in [7, 11) is 0. The smallest absolute Gasteiger partial charge is 0.127 e. The fourth-order valence-electron chi connectivity index (χ4n) is 5.07. The van der Waals surface area contributed by atoms with Gasteiger partial charge in [0, 0.05) is 22.7 Å². The highest BCUT2D eigenvalue weighted by Crippen LogP contribution is 2.54. The molecule has 1 aromatic rings. The van der Waals surface area contributed by atoms with Crippen LogP contribution in [-0.2, 0) is 5.41 Å². The number of fused-ring (bicyclic) bond motifs is 3. The molecule has 0 aromatic heterocycles. The normalized spacial score (nSPS) is 23.4. The number of alkyl halides is 1. The second-order valence-electron chi connectivity index (χ2n) is 10.0. The highest BCUT2D eigenvalue weighted by atomic mass is 79.9. The summed E-state index contributed by atoms with van der Waals surface area (Å²) in [5.74, 6) is 1.98. The van der Waals surface area contributed by atoms with E-state index in [0.717, 1.165) is 35.9 Å². The van der Waals surface area contributed by atoms with Gasteiger partial charge in [-0.25, -0.2) is 0 Å². The van der Waals surface area contributed by atoms with Crippen molar-refractivity contribution in [1.82, 2.24) is 0 Å². The first-order valence-corrected chi connectivity index (χ1v) is 12.1. The van der Waals surface area contributed by atoms with Gasteiger partial charge in [-0.15, -0.1) is 0 Å². The van der Waals surface area contributed by atoms with Gasteiger partial charge in [-0.2, -0.15) is 0 Å². The van der Waals surface area contributed by atoms with E-state index in [2.05, 4.69) is 62.7 Å². The van der Waals surface area contributed by atoms with Gasteiger partial charge in [-0.3, -0.25) is 0 Å². The summed E-state index contributed by atoms with van der Waals surface area (Å²) in [6.45, 7) is 11.2. The quantitative estimate of drug-likeness (QED) is 0.263. The van der Waals surface area contributed by atoms with Gasteiger partial charge in [-0.1, -0.05) is 60.7 Å². The van der Waals surface area contributed by atoms with Crippen molar-refractivity contribution in [1.29, 1.82) is 0 Å². The van der Waals surface area contributed by atoms with Crippen LogP contribution < -0.4 is 4.74 Å². The molecule has 0 fully saturated rings. The molecule has 1 aromatic carbocycles. The molecular formula is C25H37BrO2.